The average molecular weight is 565 g/mol. The number of anilines is 1. The maximum atomic E-state index is 12.3. The molecule has 1 aliphatic rings. The molecule has 3 aromatic carbocycles. The molecule has 1 aromatic heterocycles. The van der Waals surface area contributed by atoms with Gasteiger partial charge in [-0.2, -0.15) is 15.2 Å². The van der Waals surface area contributed by atoms with E-state index in [0.29, 0.717) is 12.3 Å². The van der Waals surface area contributed by atoms with Crippen molar-refractivity contribution < 1.29 is 19.2 Å². The summed E-state index contributed by atoms with van der Waals surface area (Å²) in [6.07, 6.45) is 0. The van der Waals surface area contributed by atoms with E-state index >= 15 is 0 Å². The number of hydrogen-bond acceptors (Lipinski definition) is 11. The molecule has 0 atom stereocenters. The molecule has 0 fully saturated rings. The van der Waals surface area contributed by atoms with E-state index in [1.54, 1.807) is 18.2 Å². The van der Waals surface area contributed by atoms with Gasteiger partial charge in [0.1, 0.15) is 17.3 Å². The third kappa shape index (κ3) is 6.07. The lowest BCUT2D eigenvalue weighted by Crippen LogP contribution is -2.23. The molecule has 2 heterocycles. The number of aromatic nitrogens is 2. The Labute approximate surface area is 240 Å². The van der Waals surface area contributed by atoms with Crippen LogP contribution < -0.4 is 20.5 Å². The summed E-state index contributed by atoms with van der Waals surface area (Å²) < 4.78 is 11.8. The van der Waals surface area contributed by atoms with Crippen molar-refractivity contribution in [3.8, 4) is 29.5 Å². The van der Waals surface area contributed by atoms with Crippen LogP contribution in [0, 0.1) is 21.4 Å². The van der Waals surface area contributed by atoms with Crippen LogP contribution in [0.25, 0.3) is 0 Å². The van der Waals surface area contributed by atoms with E-state index < -0.39 is 22.4 Å². The number of carbonyl (C=O) groups is 1. The number of hydrogen-bond donors (Lipinski definition) is 2. The monoisotopic (exact) mass is 564 g/mol. The summed E-state index contributed by atoms with van der Waals surface area (Å²) in [6, 6.07) is 21.9. The molecule has 0 saturated carbocycles. The molecule has 210 valence electrons. The number of aliphatic imine (C=N–C) groups is 1. The Morgan fingerprint density at radius 1 is 1.12 bits per heavy atom. The van der Waals surface area contributed by atoms with Gasteiger partial charge in [0.25, 0.3) is 5.91 Å². The van der Waals surface area contributed by atoms with E-state index in [9.17, 15) is 20.2 Å². The van der Waals surface area contributed by atoms with Gasteiger partial charge in [-0.15, -0.1) is 0 Å². The first-order valence-corrected chi connectivity index (χ1v) is 12.7. The summed E-state index contributed by atoms with van der Waals surface area (Å²) in [7, 11) is 1.94. The number of rotatable bonds is 10. The molecular weight excluding hydrogens is 540 g/mol. The summed E-state index contributed by atoms with van der Waals surface area (Å²) in [4.78, 5) is 38.7. The maximum Gasteiger partial charge on any atom is 0.373 e. The van der Waals surface area contributed by atoms with E-state index in [4.69, 9.17) is 15.2 Å². The Balaban J connectivity index is 1.58. The third-order valence-electron chi connectivity index (χ3n) is 6.26. The van der Waals surface area contributed by atoms with Gasteiger partial charge in [-0.1, -0.05) is 42.5 Å². The molecule has 0 saturated heterocycles. The summed E-state index contributed by atoms with van der Waals surface area (Å²) in [5.74, 6) is -0.593. The minimum atomic E-state index is -0.860. The Morgan fingerprint density at radius 3 is 2.62 bits per heavy atom. The number of nitrogens with zero attached hydrogens (tertiary/aromatic N) is 6. The highest BCUT2D eigenvalue weighted by atomic mass is 16.6. The van der Waals surface area contributed by atoms with Crippen LogP contribution in [0.2, 0.25) is 0 Å². The van der Waals surface area contributed by atoms with Crippen LogP contribution in [0.15, 0.2) is 77.8 Å². The Hall–Kier alpha value is -6.03. The van der Waals surface area contributed by atoms with Crippen molar-refractivity contribution >= 4 is 23.2 Å². The molecular formula is C29H24N8O5. The van der Waals surface area contributed by atoms with Gasteiger partial charge in [0.2, 0.25) is 5.82 Å². The summed E-state index contributed by atoms with van der Waals surface area (Å²) >= 11 is 0. The lowest BCUT2D eigenvalue weighted by Gasteiger charge is -2.15. The number of ether oxygens (including phenoxy) is 2. The van der Waals surface area contributed by atoms with Crippen molar-refractivity contribution in [3.63, 3.8) is 0 Å². The van der Waals surface area contributed by atoms with Crippen molar-refractivity contribution in [2.75, 3.05) is 25.5 Å². The van der Waals surface area contributed by atoms with E-state index in [0.717, 1.165) is 23.5 Å². The zero-order valence-corrected chi connectivity index (χ0v) is 22.4. The van der Waals surface area contributed by atoms with Crippen molar-refractivity contribution in [1.82, 2.24) is 14.9 Å². The van der Waals surface area contributed by atoms with Crippen LogP contribution in [0.1, 0.15) is 27.0 Å². The number of benzene rings is 3. The largest absolute Gasteiger partial charge is 0.433 e. The molecule has 13 heteroatoms. The minimum absolute atomic E-state index is 0.0997. The second-order valence-corrected chi connectivity index (χ2v) is 9.15. The molecule has 13 nitrogen and oxygen atoms in total. The van der Waals surface area contributed by atoms with Crippen LogP contribution >= 0.6 is 0 Å². The quantitative estimate of drug-likeness (QED) is 0.209. The topological polar surface area (TPSA) is 182 Å². The molecule has 0 unspecified atom stereocenters. The van der Waals surface area contributed by atoms with E-state index in [1.165, 1.54) is 18.2 Å². The normalized spacial score (nSPS) is 12.3. The smallest absolute Gasteiger partial charge is 0.373 e. The SMILES string of the molecule is CN1CCN=C1c1cccc(Oc2nc(NCc3ccccc3)c([N+](=O)[O-])c(Oc3cc(C#N)ccc3C(N)=O)n2)c1. The fourth-order valence-electron chi connectivity index (χ4n) is 4.23. The van der Waals surface area contributed by atoms with Gasteiger partial charge < -0.3 is 25.4 Å². The Morgan fingerprint density at radius 2 is 1.93 bits per heavy atom. The van der Waals surface area contributed by atoms with Crippen LogP contribution in [-0.2, 0) is 6.54 Å². The molecule has 5 rings (SSSR count). The predicted molar refractivity (Wildman–Crippen MR) is 153 cm³/mol. The highest BCUT2D eigenvalue weighted by Crippen LogP contribution is 2.39. The number of carbonyl (C=O) groups excluding carboxylic acids is 1. The average Bonchev–Trinajstić information content (AvgIpc) is 3.42. The summed E-state index contributed by atoms with van der Waals surface area (Å²) in [6.45, 7) is 1.67. The third-order valence-corrected chi connectivity index (χ3v) is 6.26. The first-order chi connectivity index (χ1) is 20.3. The van der Waals surface area contributed by atoms with Crippen molar-refractivity contribution in [2.24, 2.45) is 10.7 Å². The number of nitrogens with one attached hydrogen (secondary N) is 1. The van der Waals surface area contributed by atoms with Crippen LogP contribution in [0.5, 0.6) is 23.4 Å². The van der Waals surface area contributed by atoms with Crippen LogP contribution in [-0.4, -0.2) is 51.7 Å². The van der Waals surface area contributed by atoms with Crippen molar-refractivity contribution in [1.29, 1.82) is 5.26 Å². The number of amides is 1. The van der Waals surface area contributed by atoms with Gasteiger partial charge in [0.15, 0.2) is 0 Å². The first kappa shape index (κ1) is 27.5. The fraction of sp³-hybridized carbons (Fsp3) is 0.138. The molecule has 3 N–H and O–H groups in total. The molecule has 0 aliphatic carbocycles. The van der Waals surface area contributed by atoms with Crippen molar-refractivity contribution in [2.45, 2.75) is 6.54 Å². The standard InChI is InChI=1S/C29H24N8O5/c1-36-13-12-32-27(36)20-8-5-9-21(15-20)41-29-34-26(33-17-18-6-3-2-4-7-18)24(37(39)40)28(35-29)42-23-14-19(16-30)10-11-22(23)25(31)38/h2-11,14-15H,12-13,17H2,1H3,(H2,31,38)(H,33,34,35). The minimum Gasteiger partial charge on any atom is -0.433 e. The second-order valence-electron chi connectivity index (χ2n) is 9.15. The van der Waals surface area contributed by atoms with Gasteiger partial charge in [0, 0.05) is 25.7 Å². The molecule has 42 heavy (non-hydrogen) atoms. The number of primary amides is 1. The van der Waals surface area contributed by atoms with E-state index in [2.05, 4.69) is 20.3 Å². The molecule has 4 aromatic rings. The van der Waals surface area contributed by atoms with Gasteiger partial charge in [0.05, 0.1) is 28.7 Å². The number of likely N-dealkylation sites (N-methyl/N-ethyl adjacent to an activating group) is 1. The lowest BCUT2D eigenvalue weighted by molar-refractivity contribution is -0.385. The number of nitro groups is 1. The molecule has 0 radical (unpaired) electrons. The summed E-state index contributed by atoms with van der Waals surface area (Å²) in [5, 5.41) is 24.6. The fourth-order valence-corrected chi connectivity index (χ4v) is 4.23. The van der Waals surface area contributed by atoms with Crippen LogP contribution in [0.3, 0.4) is 0 Å². The molecule has 1 aliphatic heterocycles. The van der Waals surface area contributed by atoms with Gasteiger partial charge in [-0.05, 0) is 35.9 Å². The first-order valence-electron chi connectivity index (χ1n) is 12.7. The Kier molecular flexibility index (Phi) is 7.87. The Bertz CT molecular complexity index is 1740. The lowest BCUT2D eigenvalue weighted by atomic mass is 10.1. The van der Waals surface area contributed by atoms with E-state index in [-0.39, 0.29) is 35.2 Å². The molecule has 1 amide bonds. The summed E-state index contributed by atoms with van der Waals surface area (Å²) in [5.41, 5.74) is 6.57. The number of amidine groups is 1. The molecule has 0 spiro atoms. The highest BCUT2D eigenvalue weighted by Gasteiger charge is 2.29. The number of nitrogens with two attached hydrogens (primary N) is 1. The van der Waals surface area contributed by atoms with Gasteiger partial charge >= 0.3 is 17.6 Å². The van der Waals surface area contributed by atoms with Crippen molar-refractivity contribution in [3.05, 3.63) is 105 Å². The second kappa shape index (κ2) is 12.0. The highest BCUT2D eigenvalue weighted by molar-refractivity contribution is 6.00. The zero-order valence-electron chi connectivity index (χ0n) is 22.4. The van der Waals surface area contributed by atoms with Crippen LogP contribution in [0.4, 0.5) is 11.5 Å². The maximum absolute atomic E-state index is 12.3. The zero-order chi connectivity index (χ0) is 29.6. The molecule has 0 bridgehead atoms. The van der Waals surface area contributed by atoms with Gasteiger partial charge in [-0.25, -0.2) is 0 Å². The van der Waals surface area contributed by atoms with Gasteiger partial charge in [-0.3, -0.25) is 19.9 Å². The number of nitriles is 1. The van der Waals surface area contributed by atoms with E-state index in [1.807, 2.05) is 54.4 Å². The predicted octanol–water partition coefficient (Wildman–Crippen LogP) is 4.24.